The molecule has 0 radical (unpaired) electrons. The van der Waals surface area contributed by atoms with Crippen molar-refractivity contribution in [1.29, 1.82) is 0 Å². The molecule has 0 bridgehead atoms. The van der Waals surface area contributed by atoms with Crippen LogP contribution in [0.3, 0.4) is 0 Å². The van der Waals surface area contributed by atoms with E-state index in [4.69, 9.17) is 16.2 Å². The standard InChI is InChI=1S/C12H19N3O.HI/c1-9(2)8-16-11-6-4-3-5-10(11)7-15-12(13)14;/h3-6,9H,7-8H2,1-2H3,(H4,13,14,15);1H. The molecule has 4 N–H and O–H groups in total. The van der Waals surface area contributed by atoms with E-state index in [1.54, 1.807) is 0 Å². The maximum atomic E-state index is 5.68. The summed E-state index contributed by atoms with van der Waals surface area (Å²) >= 11 is 0. The number of hydrogen-bond acceptors (Lipinski definition) is 2. The number of benzene rings is 1. The second kappa shape index (κ2) is 8.16. The Balaban J connectivity index is 0.00000256. The molecule has 0 saturated carbocycles. The molecule has 0 unspecified atom stereocenters. The van der Waals surface area contributed by atoms with Crippen molar-refractivity contribution >= 4 is 29.9 Å². The molecule has 17 heavy (non-hydrogen) atoms. The average Bonchev–Trinajstić information content (AvgIpc) is 2.24. The number of ether oxygens (including phenoxy) is 1. The Bertz CT molecular complexity index is 363. The largest absolute Gasteiger partial charge is 0.493 e. The maximum Gasteiger partial charge on any atom is 0.186 e. The lowest BCUT2D eigenvalue weighted by atomic mass is 10.2. The van der Waals surface area contributed by atoms with Gasteiger partial charge in [-0.2, -0.15) is 0 Å². The van der Waals surface area contributed by atoms with Gasteiger partial charge in [0.2, 0.25) is 0 Å². The van der Waals surface area contributed by atoms with Crippen molar-refractivity contribution in [3.05, 3.63) is 29.8 Å². The molecule has 0 aromatic heterocycles. The molecule has 0 spiro atoms. The average molecular weight is 349 g/mol. The van der Waals surface area contributed by atoms with E-state index < -0.39 is 0 Å². The van der Waals surface area contributed by atoms with Crippen LogP contribution in [0.5, 0.6) is 5.75 Å². The third-order valence-electron chi connectivity index (χ3n) is 1.98. The molecule has 1 aromatic rings. The summed E-state index contributed by atoms with van der Waals surface area (Å²) in [5, 5.41) is 0. The van der Waals surface area contributed by atoms with E-state index in [0.717, 1.165) is 11.3 Å². The van der Waals surface area contributed by atoms with E-state index in [-0.39, 0.29) is 29.9 Å². The number of nitrogens with zero attached hydrogens (tertiary/aromatic N) is 1. The first kappa shape index (κ1) is 16.0. The first-order valence-corrected chi connectivity index (χ1v) is 5.35. The van der Waals surface area contributed by atoms with Gasteiger partial charge in [-0.15, -0.1) is 24.0 Å². The highest BCUT2D eigenvalue weighted by atomic mass is 127. The van der Waals surface area contributed by atoms with Crippen molar-refractivity contribution in [3.8, 4) is 5.75 Å². The third kappa shape index (κ3) is 6.35. The van der Waals surface area contributed by atoms with Gasteiger partial charge in [0.05, 0.1) is 13.2 Å². The van der Waals surface area contributed by atoms with Crippen LogP contribution in [-0.2, 0) is 6.54 Å². The Labute approximate surface area is 119 Å². The van der Waals surface area contributed by atoms with Crippen molar-refractivity contribution in [2.24, 2.45) is 22.4 Å². The van der Waals surface area contributed by atoms with Gasteiger partial charge >= 0.3 is 0 Å². The number of halogens is 1. The van der Waals surface area contributed by atoms with E-state index in [9.17, 15) is 0 Å². The lowest BCUT2D eigenvalue weighted by molar-refractivity contribution is 0.268. The zero-order valence-electron chi connectivity index (χ0n) is 10.2. The second-order valence-corrected chi connectivity index (χ2v) is 4.05. The van der Waals surface area contributed by atoms with Crippen LogP contribution in [-0.4, -0.2) is 12.6 Å². The lowest BCUT2D eigenvalue weighted by Crippen LogP contribution is -2.22. The summed E-state index contributed by atoms with van der Waals surface area (Å²) in [6, 6.07) is 7.77. The van der Waals surface area contributed by atoms with Crippen LogP contribution in [0.4, 0.5) is 0 Å². The van der Waals surface area contributed by atoms with Gasteiger partial charge in [-0.3, -0.25) is 0 Å². The maximum absolute atomic E-state index is 5.68. The smallest absolute Gasteiger partial charge is 0.186 e. The Kier molecular flexibility index (Phi) is 7.69. The van der Waals surface area contributed by atoms with E-state index in [1.165, 1.54) is 0 Å². The van der Waals surface area contributed by atoms with Crippen LogP contribution in [0.2, 0.25) is 0 Å². The van der Waals surface area contributed by atoms with Crippen molar-refractivity contribution < 1.29 is 4.74 Å². The topological polar surface area (TPSA) is 73.6 Å². The van der Waals surface area contributed by atoms with Crippen molar-refractivity contribution in [1.82, 2.24) is 0 Å². The molecule has 1 aromatic carbocycles. The fourth-order valence-corrected chi connectivity index (χ4v) is 1.21. The van der Waals surface area contributed by atoms with Crippen molar-refractivity contribution in [2.75, 3.05) is 6.61 Å². The first-order valence-electron chi connectivity index (χ1n) is 5.35. The van der Waals surface area contributed by atoms with Crippen LogP contribution in [0.1, 0.15) is 19.4 Å². The molecule has 0 saturated heterocycles. The van der Waals surface area contributed by atoms with Gasteiger partial charge < -0.3 is 16.2 Å². The van der Waals surface area contributed by atoms with Crippen LogP contribution < -0.4 is 16.2 Å². The fourth-order valence-electron chi connectivity index (χ4n) is 1.21. The molecule has 0 aliphatic carbocycles. The van der Waals surface area contributed by atoms with Gasteiger partial charge in [0.25, 0.3) is 0 Å². The highest BCUT2D eigenvalue weighted by molar-refractivity contribution is 14.0. The summed E-state index contributed by atoms with van der Waals surface area (Å²) in [5.74, 6) is 1.44. The van der Waals surface area contributed by atoms with Gasteiger partial charge in [0.1, 0.15) is 5.75 Å². The molecular formula is C12H20IN3O. The van der Waals surface area contributed by atoms with Crippen molar-refractivity contribution in [2.45, 2.75) is 20.4 Å². The molecule has 96 valence electrons. The quantitative estimate of drug-likeness (QED) is 0.486. The minimum atomic E-state index is 0. The number of rotatable bonds is 5. The summed E-state index contributed by atoms with van der Waals surface area (Å²) in [5.41, 5.74) is 11.6. The highest BCUT2D eigenvalue weighted by Crippen LogP contribution is 2.19. The van der Waals surface area contributed by atoms with E-state index in [1.807, 2.05) is 24.3 Å². The molecule has 1 rings (SSSR count). The van der Waals surface area contributed by atoms with E-state index in [2.05, 4.69) is 18.8 Å². The molecule has 0 amide bonds. The van der Waals surface area contributed by atoms with E-state index >= 15 is 0 Å². The predicted molar refractivity (Wildman–Crippen MR) is 81.7 cm³/mol. The molecule has 5 heteroatoms. The lowest BCUT2D eigenvalue weighted by Gasteiger charge is -2.11. The van der Waals surface area contributed by atoms with Gasteiger partial charge in [0, 0.05) is 5.56 Å². The van der Waals surface area contributed by atoms with Gasteiger partial charge in [-0.25, -0.2) is 4.99 Å². The summed E-state index contributed by atoms with van der Waals surface area (Å²) in [4.78, 5) is 3.97. The second-order valence-electron chi connectivity index (χ2n) is 4.05. The van der Waals surface area contributed by atoms with Crippen LogP contribution in [0, 0.1) is 5.92 Å². The minimum absolute atomic E-state index is 0. The summed E-state index contributed by atoms with van der Waals surface area (Å²) in [7, 11) is 0. The number of para-hydroxylation sites is 1. The number of aliphatic imine (C=N–C) groups is 1. The predicted octanol–water partition coefficient (Wildman–Crippen LogP) is 2.11. The zero-order chi connectivity index (χ0) is 12.0. The van der Waals surface area contributed by atoms with Gasteiger partial charge in [-0.1, -0.05) is 32.0 Å². The Morgan fingerprint density at radius 1 is 1.29 bits per heavy atom. The zero-order valence-corrected chi connectivity index (χ0v) is 12.5. The molecular weight excluding hydrogens is 329 g/mol. The van der Waals surface area contributed by atoms with Crippen LogP contribution >= 0.6 is 24.0 Å². The minimum Gasteiger partial charge on any atom is -0.493 e. The molecule has 0 heterocycles. The number of guanidine groups is 1. The van der Waals surface area contributed by atoms with Crippen LogP contribution in [0.15, 0.2) is 29.3 Å². The molecule has 0 aliphatic heterocycles. The third-order valence-corrected chi connectivity index (χ3v) is 1.98. The SMILES string of the molecule is CC(C)COc1ccccc1CN=C(N)N.I. The van der Waals surface area contributed by atoms with Gasteiger partial charge in [-0.05, 0) is 12.0 Å². The Morgan fingerprint density at radius 2 is 1.94 bits per heavy atom. The summed E-state index contributed by atoms with van der Waals surface area (Å²) in [6.45, 7) is 5.37. The number of nitrogens with two attached hydrogens (primary N) is 2. The van der Waals surface area contributed by atoms with Crippen molar-refractivity contribution in [3.63, 3.8) is 0 Å². The van der Waals surface area contributed by atoms with E-state index in [0.29, 0.717) is 19.1 Å². The Hall–Kier alpha value is -0.980. The van der Waals surface area contributed by atoms with Crippen LogP contribution in [0.25, 0.3) is 0 Å². The highest BCUT2D eigenvalue weighted by Gasteiger charge is 2.03. The summed E-state index contributed by atoms with van der Waals surface area (Å²) in [6.07, 6.45) is 0. The fraction of sp³-hybridized carbons (Fsp3) is 0.417. The molecule has 0 atom stereocenters. The summed E-state index contributed by atoms with van der Waals surface area (Å²) < 4.78 is 5.68. The van der Waals surface area contributed by atoms with Gasteiger partial charge in [0.15, 0.2) is 5.96 Å². The first-order chi connectivity index (χ1) is 7.59. The molecule has 0 fully saturated rings. The monoisotopic (exact) mass is 349 g/mol. The molecule has 4 nitrogen and oxygen atoms in total. The number of hydrogen-bond donors (Lipinski definition) is 2. The molecule has 0 aliphatic rings. The normalized spacial score (nSPS) is 9.59. The Morgan fingerprint density at radius 3 is 2.53 bits per heavy atom.